The van der Waals surface area contributed by atoms with Crippen molar-refractivity contribution in [1.82, 2.24) is 0 Å². The predicted molar refractivity (Wildman–Crippen MR) is 93.5 cm³/mol. The number of hydrogen-bond acceptors (Lipinski definition) is 5. The van der Waals surface area contributed by atoms with Gasteiger partial charge in [0.25, 0.3) is 5.91 Å². The van der Waals surface area contributed by atoms with Gasteiger partial charge in [-0.25, -0.2) is 13.6 Å². The average molecular weight is 383 g/mol. The summed E-state index contributed by atoms with van der Waals surface area (Å²) < 4.78 is 27.9. The van der Waals surface area contributed by atoms with Gasteiger partial charge in [-0.1, -0.05) is 11.6 Å². The fraction of sp³-hybridized carbons (Fsp3) is 0.125. The number of anilines is 1. The Hall–Kier alpha value is -2.42. The zero-order chi connectivity index (χ0) is 18.6. The molecule has 0 aliphatic carbocycles. The van der Waals surface area contributed by atoms with Gasteiger partial charge in [-0.05, 0) is 48.9 Å². The number of aryl methyl sites for hydroxylation is 1. The molecule has 132 valence electrons. The highest BCUT2D eigenvalue weighted by Gasteiger charge is 2.12. The first-order valence-electron chi connectivity index (χ1n) is 7.01. The average Bonchev–Trinajstić information content (AvgIpc) is 2.54. The molecule has 0 atom stereocenters. The number of hydrogen-bond donors (Lipinski definition) is 2. The molecular weight excluding hydrogens is 368 g/mol. The van der Waals surface area contributed by atoms with Crippen LogP contribution in [0.3, 0.4) is 0 Å². The lowest BCUT2D eigenvalue weighted by Gasteiger charge is -2.11. The fourth-order valence-corrected chi connectivity index (χ4v) is 2.81. The van der Waals surface area contributed by atoms with E-state index in [2.05, 4.69) is 5.32 Å². The summed E-state index contributed by atoms with van der Waals surface area (Å²) in [7, 11) is -3.81. The first kappa shape index (κ1) is 18.9. The maximum Gasteiger partial charge on any atom is 0.262 e. The van der Waals surface area contributed by atoms with Gasteiger partial charge < -0.3 is 10.1 Å². The topological polar surface area (TPSA) is 116 Å². The summed E-state index contributed by atoms with van der Waals surface area (Å²) in [4.78, 5) is 22.9. The predicted octanol–water partition coefficient (Wildman–Crippen LogP) is 2.13. The number of rotatable bonds is 6. The van der Waals surface area contributed by atoms with Gasteiger partial charge in [-0.3, -0.25) is 9.59 Å². The summed E-state index contributed by atoms with van der Waals surface area (Å²) in [5, 5.41) is 8.03. The molecule has 7 nitrogen and oxygen atoms in total. The molecule has 0 unspecified atom stereocenters. The summed E-state index contributed by atoms with van der Waals surface area (Å²) in [6.07, 6.45) is 0.579. The van der Waals surface area contributed by atoms with E-state index in [-0.39, 0.29) is 22.8 Å². The van der Waals surface area contributed by atoms with Crippen LogP contribution in [0.1, 0.15) is 15.9 Å². The first-order valence-corrected chi connectivity index (χ1v) is 8.94. The third-order valence-corrected chi connectivity index (χ3v) is 4.40. The lowest BCUT2D eigenvalue weighted by Crippen LogP contribution is -2.21. The Labute approximate surface area is 149 Å². The fourth-order valence-electron chi connectivity index (χ4n) is 2.03. The van der Waals surface area contributed by atoms with Crippen molar-refractivity contribution in [1.29, 1.82) is 0 Å². The minimum atomic E-state index is -3.81. The number of nitrogens with one attached hydrogen (secondary N) is 1. The smallest absolute Gasteiger partial charge is 0.262 e. The van der Waals surface area contributed by atoms with Crippen LogP contribution in [0.25, 0.3) is 0 Å². The van der Waals surface area contributed by atoms with Gasteiger partial charge in [0, 0.05) is 10.7 Å². The molecule has 1 amide bonds. The van der Waals surface area contributed by atoms with Crippen molar-refractivity contribution in [3.05, 3.63) is 52.5 Å². The van der Waals surface area contributed by atoms with Crippen molar-refractivity contribution in [2.75, 3.05) is 11.9 Å². The molecule has 2 aromatic carbocycles. The Morgan fingerprint density at radius 3 is 2.60 bits per heavy atom. The summed E-state index contributed by atoms with van der Waals surface area (Å²) in [5.74, 6) is -0.242. The molecule has 0 spiro atoms. The number of halogens is 1. The Kier molecular flexibility index (Phi) is 5.78. The zero-order valence-corrected chi connectivity index (χ0v) is 14.7. The Morgan fingerprint density at radius 2 is 2.00 bits per heavy atom. The van der Waals surface area contributed by atoms with Crippen LogP contribution in [0.5, 0.6) is 5.75 Å². The van der Waals surface area contributed by atoms with Crippen molar-refractivity contribution in [3.63, 3.8) is 0 Å². The van der Waals surface area contributed by atoms with Crippen LogP contribution in [0.4, 0.5) is 5.69 Å². The highest BCUT2D eigenvalue weighted by Crippen LogP contribution is 2.22. The van der Waals surface area contributed by atoms with Crippen LogP contribution in [-0.2, 0) is 14.8 Å². The maximum absolute atomic E-state index is 12.0. The van der Waals surface area contributed by atoms with E-state index in [1.54, 1.807) is 6.92 Å². The highest BCUT2D eigenvalue weighted by molar-refractivity contribution is 7.89. The van der Waals surface area contributed by atoms with Crippen LogP contribution in [0, 0.1) is 6.92 Å². The lowest BCUT2D eigenvalue weighted by atomic mass is 10.2. The van der Waals surface area contributed by atoms with E-state index in [1.165, 1.54) is 36.4 Å². The van der Waals surface area contributed by atoms with Gasteiger partial charge in [0.15, 0.2) is 12.9 Å². The van der Waals surface area contributed by atoms with E-state index in [0.29, 0.717) is 22.6 Å². The van der Waals surface area contributed by atoms with Crippen molar-refractivity contribution >= 4 is 39.5 Å². The molecule has 0 fully saturated rings. The van der Waals surface area contributed by atoms with Gasteiger partial charge in [0.2, 0.25) is 10.0 Å². The van der Waals surface area contributed by atoms with Crippen LogP contribution in [-0.4, -0.2) is 27.2 Å². The number of aldehydes is 1. The molecule has 0 aliphatic rings. The summed E-state index contributed by atoms with van der Waals surface area (Å²) >= 11 is 5.78. The second-order valence-electron chi connectivity index (χ2n) is 5.16. The number of amides is 1. The maximum atomic E-state index is 12.0. The number of sulfonamides is 1. The molecule has 0 bridgehead atoms. The summed E-state index contributed by atoms with van der Waals surface area (Å²) in [6.45, 7) is 1.30. The zero-order valence-electron chi connectivity index (χ0n) is 13.2. The molecular formula is C16H15ClN2O5S. The second kappa shape index (κ2) is 7.64. The van der Waals surface area contributed by atoms with E-state index >= 15 is 0 Å². The minimum absolute atomic E-state index is 0.0453. The number of benzene rings is 2. The number of nitrogens with two attached hydrogens (primary N) is 1. The van der Waals surface area contributed by atoms with E-state index in [0.717, 1.165) is 0 Å². The molecule has 9 heteroatoms. The van der Waals surface area contributed by atoms with Gasteiger partial charge in [-0.15, -0.1) is 0 Å². The van der Waals surface area contributed by atoms with Gasteiger partial charge in [0.1, 0.15) is 5.75 Å². The van der Waals surface area contributed by atoms with E-state index in [9.17, 15) is 18.0 Å². The third kappa shape index (κ3) is 5.02. The quantitative estimate of drug-likeness (QED) is 0.742. The van der Waals surface area contributed by atoms with Gasteiger partial charge >= 0.3 is 0 Å². The second-order valence-corrected chi connectivity index (χ2v) is 7.16. The highest BCUT2D eigenvalue weighted by atomic mass is 35.5. The third-order valence-electron chi connectivity index (χ3n) is 3.26. The number of ether oxygens (including phenoxy) is 1. The van der Waals surface area contributed by atoms with E-state index < -0.39 is 15.9 Å². The molecule has 0 heterocycles. The molecule has 3 N–H and O–H groups in total. The standard InChI is InChI=1S/C16H15ClN2O5S/c1-10-6-13(25(18,22)23)3-4-14(10)19-16(21)9-24-15-5-2-12(17)7-11(15)8-20/h2-8H,9H2,1H3,(H,19,21)(H2,18,22,23). The van der Waals surface area contributed by atoms with Crippen molar-refractivity contribution < 1.29 is 22.7 Å². The first-order chi connectivity index (χ1) is 11.7. The number of primary sulfonamides is 1. The summed E-state index contributed by atoms with van der Waals surface area (Å²) in [6, 6.07) is 8.55. The molecule has 0 aliphatic heterocycles. The van der Waals surface area contributed by atoms with E-state index in [1.807, 2.05) is 0 Å². The minimum Gasteiger partial charge on any atom is -0.483 e. The molecule has 0 saturated carbocycles. The molecule has 0 saturated heterocycles. The molecule has 25 heavy (non-hydrogen) atoms. The van der Waals surface area contributed by atoms with E-state index in [4.69, 9.17) is 21.5 Å². The van der Waals surface area contributed by atoms with Gasteiger partial charge in [-0.2, -0.15) is 0 Å². The Balaban J connectivity index is 2.05. The number of carbonyl (C=O) groups is 2. The Morgan fingerprint density at radius 1 is 1.28 bits per heavy atom. The van der Waals surface area contributed by atoms with Crippen LogP contribution < -0.4 is 15.2 Å². The van der Waals surface area contributed by atoms with Crippen molar-refractivity contribution in [2.45, 2.75) is 11.8 Å². The molecule has 0 aromatic heterocycles. The normalized spacial score (nSPS) is 11.0. The summed E-state index contributed by atoms with van der Waals surface area (Å²) in [5.41, 5.74) is 1.18. The van der Waals surface area contributed by atoms with Crippen LogP contribution in [0.15, 0.2) is 41.3 Å². The molecule has 0 radical (unpaired) electrons. The lowest BCUT2D eigenvalue weighted by molar-refractivity contribution is -0.118. The van der Waals surface area contributed by atoms with Crippen LogP contribution in [0.2, 0.25) is 5.02 Å². The number of carbonyl (C=O) groups excluding carboxylic acids is 2. The van der Waals surface area contributed by atoms with Crippen LogP contribution >= 0.6 is 11.6 Å². The molecule has 2 aromatic rings. The Bertz CT molecular complexity index is 928. The largest absolute Gasteiger partial charge is 0.483 e. The van der Waals surface area contributed by atoms with Crippen molar-refractivity contribution in [2.24, 2.45) is 5.14 Å². The van der Waals surface area contributed by atoms with Crippen molar-refractivity contribution in [3.8, 4) is 5.75 Å². The monoisotopic (exact) mass is 382 g/mol. The SMILES string of the molecule is Cc1cc(S(N)(=O)=O)ccc1NC(=O)COc1ccc(Cl)cc1C=O. The molecule has 2 rings (SSSR count). The van der Waals surface area contributed by atoms with Gasteiger partial charge in [0.05, 0.1) is 10.5 Å².